The van der Waals surface area contributed by atoms with Gasteiger partial charge in [0.05, 0.1) is 17.1 Å². The van der Waals surface area contributed by atoms with Gasteiger partial charge in [-0.1, -0.05) is 17.7 Å². The molecule has 1 aromatic rings. The molecule has 17 heavy (non-hydrogen) atoms. The quantitative estimate of drug-likeness (QED) is 0.641. The summed E-state index contributed by atoms with van der Waals surface area (Å²) in [6.07, 6.45) is 2.64. The maximum absolute atomic E-state index is 10.9. The summed E-state index contributed by atoms with van der Waals surface area (Å²) < 4.78 is 0. The van der Waals surface area contributed by atoms with Crippen molar-refractivity contribution in [2.75, 3.05) is 11.9 Å². The molecule has 1 saturated carbocycles. The first-order valence-electron chi connectivity index (χ1n) is 5.40. The van der Waals surface area contributed by atoms with Crippen LogP contribution < -0.4 is 5.32 Å². The van der Waals surface area contributed by atoms with Crippen molar-refractivity contribution in [2.24, 2.45) is 0 Å². The normalized spacial score (nSPS) is 17.3. The third kappa shape index (κ3) is 2.21. The molecule has 0 amide bonds. The summed E-state index contributed by atoms with van der Waals surface area (Å²) in [5, 5.41) is 23.4. The Labute approximate surface area is 104 Å². The lowest BCUT2D eigenvalue weighted by Crippen LogP contribution is -2.48. The van der Waals surface area contributed by atoms with E-state index < -0.39 is 10.5 Å². The van der Waals surface area contributed by atoms with Gasteiger partial charge < -0.3 is 10.4 Å². The molecule has 5 nitrogen and oxygen atoms in total. The number of aliphatic hydroxyl groups excluding tert-OH is 1. The summed E-state index contributed by atoms with van der Waals surface area (Å²) in [6.45, 7) is -0.0311. The summed E-state index contributed by atoms with van der Waals surface area (Å²) in [4.78, 5) is 10.4. The maximum Gasteiger partial charge on any atom is 0.310 e. The van der Waals surface area contributed by atoms with E-state index in [1.807, 2.05) is 0 Å². The molecule has 0 spiro atoms. The molecule has 0 atom stereocenters. The molecule has 92 valence electrons. The number of nitro groups is 1. The van der Waals surface area contributed by atoms with E-state index in [1.165, 1.54) is 6.07 Å². The second kappa shape index (κ2) is 4.50. The molecule has 0 radical (unpaired) electrons. The molecule has 0 heterocycles. The smallest absolute Gasteiger partial charge is 0.310 e. The molecule has 0 aliphatic heterocycles. The predicted molar refractivity (Wildman–Crippen MR) is 65.4 cm³/mol. The zero-order valence-corrected chi connectivity index (χ0v) is 9.91. The second-order valence-corrected chi connectivity index (χ2v) is 4.72. The first kappa shape index (κ1) is 12.1. The third-order valence-corrected chi connectivity index (χ3v) is 3.49. The highest BCUT2D eigenvalue weighted by Gasteiger charge is 2.37. The van der Waals surface area contributed by atoms with Gasteiger partial charge in [-0.15, -0.1) is 0 Å². The topological polar surface area (TPSA) is 75.4 Å². The van der Waals surface area contributed by atoms with Gasteiger partial charge in [0.25, 0.3) is 0 Å². The van der Waals surface area contributed by atoms with Crippen LogP contribution in [0.15, 0.2) is 18.2 Å². The van der Waals surface area contributed by atoms with Crippen molar-refractivity contribution >= 4 is 23.0 Å². The van der Waals surface area contributed by atoms with E-state index in [0.29, 0.717) is 5.69 Å². The Hall–Kier alpha value is -1.33. The second-order valence-electron chi connectivity index (χ2n) is 4.31. The summed E-state index contributed by atoms with van der Waals surface area (Å²) >= 11 is 5.81. The lowest BCUT2D eigenvalue weighted by atomic mass is 9.77. The van der Waals surface area contributed by atoms with E-state index in [4.69, 9.17) is 11.6 Å². The lowest BCUT2D eigenvalue weighted by Gasteiger charge is -2.41. The van der Waals surface area contributed by atoms with Crippen LogP contribution in [0.3, 0.4) is 0 Å². The van der Waals surface area contributed by atoms with Gasteiger partial charge in [0.15, 0.2) is 0 Å². The van der Waals surface area contributed by atoms with Gasteiger partial charge in [-0.2, -0.15) is 0 Å². The minimum Gasteiger partial charge on any atom is -0.394 e. The van der Waals surface area contributed by atoms with E-state index in [9.17, 15) is 15.2 Å². The summed E-state index contributed by atoms with van der Waals surface area (Å²) in [5.74, 6) is 0. The Morgan fingerprint density at radius 3 is 2.71 bits per heavy atom. The molecular weight excluding hydrogens is 244 g/mol. The van der Waals surface area contributed by atoms with Crippen molar-refractivity contribution < 1.29 is 10.0 Å². The number of para-hydroxylation sites is 1. The minimum absolute atomic E-state index is 0.0311. The first-order chi connectivity index (χ1) is 8.08. The Kier molecular flexibility index (Phi) is 3.22. The molecule has 1 aromatic carbocycles. The van der Waals surface area contributed by atoms with Crippen molar-refractivity contribution in [1.82, 2.24) is 0 Å². The van der Waals surface area contributed by atoms with Crippen LogP contribution in [0.5, 0.6) is 0 Å². The van der Waals surface area contributed by atoms with Gasteiger partial charge in [0, 0.05) is 0 Å². The highest BCUT2D eigenvalue weighted by atomic mass is 35.5. The number of halogens is 1. The van der Waals surface area contributed by atoms with Crippen LogP contribution in [0.1, 0.15) is 19.3 Å². The molecule has 0 unspecified atom stereocenters. The number of anilines is 1. The number of hydrogen-bond donors (Lipinski definition) is 2. The Balaban J connectivity index is 2.32. The number of aliphatic hydroxyl groups is 1. The predicted octanol–water partition coefficient (Wildman–Crippen LogP) is 2.58. The van der Waals surface area contributed by atoms with Crippen molar-refractivity contribution in [3.63, 3.8) is 0 Å². The van der Waals surface area contributed by atoms with Crippen molar-refractivity contribution in [3.8, 4) is 0 Å². The summed E-state index contributed by atoms with van der Waals surface area (Å²) in [5.41, 5.74) is -0.180. The van der Waals surface area contributed by atoms with Gasteiger partial charge in [-0.3, -0.25) is 10.1 Å². The SMILES string of the molecule is O=[N+]([O-])c1c(Cl)cccc1NC1(CO)CCC1. The monoisotopic (exact) mass is 256 g/mol. The number of benzene rings is 1. The van der Waals surface area contributed by atoms with Crippen LogP contribution in [-0.4, -0.2) is 22.2 Å². The molecule has 6 heteroatoms. The van der Waals surface area contributed by atoms with E-state index in [2.05, 4.69) is 5.32 Å². The third-order valence-electron chi connectivity index (χ3n) is 3.18. The lowest BCUT2D eigenvalue weighted by molar-refractivity contribution is -0.383. The molecular formula is C11H13ClN2O3. The average molecular weight is 257 g/mol. The number of nitrogens with zero attached hydrogens (tertiary/aromatic N) is 1. The minimum atomic E-state index is -0.506. The number of rotatable bonds is 4. The fourth-order valence-corrected chi connectivity index (χ4v) is 2.26. The standard InChI is InChI=1S/C11H13ClN2O3/c12-8-3-1-4-9(10(8)14(16)17)13-11(7-15)5-2-6-11/h1,3-4,13,15H,2,5-7H2. The molecule has 1 fully saturated rings. The van der Waals surface area contributed by atoms with Gasteiger partial charge in [0.1, 0.15) is 10.7 Å². The van der Waals surface area contributed by atoms with Crippen LogP contribution in [0.25, 0.3) is 0 Å². The zero-order chi connectivity index (χ0) is 12.5. The molecule has 0 bridgehead atoms. The van der Waals surface area contributed by atoms with Crippen molar-refractivity contribution in [1.29, 1.82) is 0 Å². The molecule has 1 aliphatic rings. The molecule has 1 aliphatic carbocycles. The van der Waals surface area contributed by atoms with Gasteiger partial charge in [-0.25, -0.2) is 0 Å². The van der Waals surface area contributed by atoms with Crippen LogP contribution in [0, 0.1) is 10.1 Å². The van der Waals surface area contributed by atoms with Gasteiger partial charge in [-0.05, 0) is 31.4 Å². The number of nitrogens with one attached hydrogen (secondary N) is 1. The Morgan fingerprint density at radius 2 is 2.24 bits per heavy atom. The highest BCUT2D eigenvalue weighted by Crippen LogP contribution is 2.39. The number of nitro benzene ring substituents is 1. The highest BCUT2D eigenvalue weighted by molar-refractivity contribution is 6.33. The fourth-order valence-electron chi connectivity index (χ4n) is 2.01. The van der Waals surface area contributed by atoms with Crippen LogP contribution in [0.4, 0.5) is 11.4 Å². The zero-order valence-electron chi connectivity index (χ0n) is 9.15. The number of hydrogen-bond acceptors (Lipinski definition) is 4. The fraction of sp³-hybridized carbons (Fsp3) is 0.455. The first-order valence-corrected chi connectivity index (χ1v) is 5.78. The Bertz CT molecular complexity index is 441. The van der Waals surface area contributed by atoms with Gasteiger partial charge >= 0.3 is 5.69 Å². The van der Waals surface area contributed by atoms with E-state index in [-0.39, 0.29) is 17.3 Å². The van der Waals surface area contributed by atoms with Crippen LogP contribution in [-0.2, 0) is 0 Å². The van der Waals surface area contributed by atoms with E-state index in [1.54, 1.807) is 12.1 Å². The van der Waals surface area contributed by atoms with Crippen LogP contribution >= 0.6 is 11.6 Å². The summed E-state index contributed by atoms with van der Waals surface area (Å²) in [7, 11) is 0. The maximum atomic E-state index is 10.9. The molecule has 0 aromatic heterocycles. The molecule has 2 N–H and O–H groups in total. The van der Waals surface area contributed by atoms with Crippen molar-refractivity contribution in [3.05, 3.63) is 33.3 Å². The largest absolute Gasteiger partial charge is 0.394 e. The van der Waals surface area contributed by atoms with Crippen molar-refractivity contribution in [2.45, 2.75) is 24.8 Å². The molecule has 2 rings (SSSR count). The molecule has 0 saturated heterocycles. The van der Waals surface area contributed by atoms with Crippen LogP contribution in [0.2, 0.25) is 5.02 Å². The average Bonchev–Trinajstić information content (AvgIpc) is 2.23. The van der Waals surface area contributed by atoms with E-state index in [0.717, 1.165) is 19.3 Å². The van der Waals surface area contributed by atoms with Gasteiger partial charge in [0.2, 0.25) is 0 Å². The Morgan fingerprint density at radius 1 is 1.53 bits per heavy atom. The summed E-state index contributed by atoms with van der Waals surface area (Å²) in [6, 6.07) is 4.75. The van der Waals surface area contributed by atoms with E-state index >= 15 is 0 Å².